The number of methoxy groups -OCH3 is 2. The summed E-state index contributed by atoms with van der Waals surface area (Å²) in [6, 6.07) is 17.5. The Morgan fingerprint density at radius 2 is 1.76 bits per heavy atom. The quantitative estimate of drug-likeness (QED) is 0.153. The molecule has 0 saturated carbocycles. The summed E-state index contributed by atoms with van der Waals surface area (Å²) in [4.78, 5) is 12.6. The molecule has 1 N–H and O–H groups in total. The lowest BCUT2D eigenvalue weighted by molar-refractivity contribution is -0.143. The van der Waals surface area contributed by atoms with Crippen LogP contribution in [0.1, 0.15) is 59.9 Å². The largest absolute Gasteiger partial charge is 0.497 e. The van der Waals surface area contributed by atoms with Crippen molar-refractivity contribution in [2.45, 2.75) is 58.8 Å². The summed E-state index contributed by atoms with van der Waals surface area (Å²) in [6.07, 6.45) is 1.96. The number of aryl methyl sites for hydroxylation is 2. The zero-order valence-electron chi connectivity index (χ0n) is 24.3. The van der Waals surface area contributed by atoms with Crippen molar-refractivity contribution in [2.24, 2.45) is 0 Å². The lowest BCUT2D eigenvalue weighted by Crippen LogP contribution is -2.13. The van der Waals surface area contributed by atoms with Gasteiger partial charge >= 0.3 is 5.97 Å². The van der Waals surface area contributed by atoms with Crippen LogP contribution < -0.4 is 9.47 Å². The number of carbonyl (C=O) groups is 1. The van der Waals surface area contributed by atoms with Crippen molar-refractivity contribution in [1.29, 1.82) is 0 Å². The van der Waals surface area contributed by atoms with Crippen LogP contribution in [0.5, 0.6) is 11.5 Å². The van der Waals surface area contributed by atoms with Gasteiger partial charge in [-0.15, -0.1) is 5.10 Å². The maximum absolute atomic E-state index is 12.6. The maximum Gasteiger partial charge on any atom is 0.306 e. The molecule has 218 valence electrons. The van der Waals surface area contributed by atoms with Gasteiger partial charge in [0.05, 0.1) is 46.0 Å². The van der Waals surface area contributed by atoms with E-state index in [0.717, 1.165) is 58.4 Å². The molecule has 0 aliphatic rings. The molecule has 0 amide bonds. The lowest BCUT2D eigenvalue weighted by atomic mass is 9.85. The van der Waals surface area contributed by atoms with Gasteiger partial charge in [0, 0.05) is 19.1 Å². The number of hydrogen-bond acceptors (Lipinski definition) is 8. The van der Waals surface area contributed by atoms with Gasteiger partial charge in [-0.1, -0.05) is 29.5 Å². The van der Waals surface area contributed by atoms with Gasteiger partial charge in [-0.2, -0.15) is 0 Å². The van der Waals surface area contributed by atoms with Crippen molar-refractivity contribution in [2.75, 3.05) is 27.4 Å². The number of carbonyl (C=O) groups excluding carboxylic acids is 1. The van der Waals surface area contributed by atoms with Crippen molar-refractivity contribution in [3.8, 4) is 11.5 Å². The SMILES string of the molecule is CCOC(=O)CC(c1cc(CO)cc(OC)c1)c1ccc2c(nnn2CCCCOCc2ccc(OC)cc2)c1C. The zero-order valence-corrected chi connectivity index (χ0v) is 24.3. The number of hydrogen-bond donors (Lipinski definition) is 1. The number of benzene rings is 3. The minimum Gasteiger partial charge on any atom is -0.497 e. The van der Waals surface area contributed by atoms with E-state index >= 15 is 0 Å². The summed E-state index contributed by atoms with van der Waals surface area (Å²) >= 11 is 0. The van der Waals surface area contributed by atoms with E-state index in [0.29, 0.717) is 31.1 Å². The number of ether oxygens (including phenoxy) is 4. The molecule has 0 aliphatic heterocycles. The highest BCUT2D eigenvalue weighted by molar-refractivity contribution is 5.80. The molecule has 1 aromatic heterocycles. The highest BCUT2D eigenvalue weighted by Gasteiger charge is 2.24. The van der Waals surface area contributed by atoms with Gasteiger partial charge in [-0.25, -0.2) is 4.68 Å². The molecular weight excluding hydrogens is 522 g/mol. The van der Waals surface area contributed by atoms with Crippen LogP contribution in [0.3, 0.4) is 0 Å². The zero-order chi connectivity index (χ0) is 29.2. The molecule has 0 radical (unpaired) electrons. The fourth-order valence-corrected chi connectivity index (χ4v) is 4.99. The first-order valence-corrected chi connectivity index (χ1v) is 13.9. The Hall–Kier alpha value is -3.95. The standard InChI is InChI=1S/C32H39N3O6/c1-5-41-31(37)19-29(25-16-24(20-36)17-27(18-25)39-4)28-12-13-30-32(22(28)2)33-34-35(30)14-6-7-15-40-21-23-8-10-26(38-3)11-9-23/h8-13,16-18,29,36H,5-7,14-15,19-21H2,1-4H3. The number of esters is 1. The molecule has 1 atom stereocenters. The van der Waals surface area contributed by atoms with Gasteiger partial charge in [0.15, 0.2) is 0 Å². The van der Waals surface area contributed by atoms with Gasteiger partial charge in [0.1, 0.15) is 17.0 Å². The van der Waals surface area contributed by atoms with Crippen LogP contribution in [0, 0.1) is 6.92 Å². The molecule has 9 nitrogen and oxygen atoms in total. The molecule has 0 fully saturated rings. The Bertz CT molecular complexity index is 1410. The summed E-state index contributed by atoms with van der Waals surface area (Å²) in [5.41, 5.74) is 6.36. The Labute approximate surface area is 241 Å². The van der Waals surface area contributed by atoms with Crippen LogP contribution in [0.2, 0.25) is 0 Å². The average molecular weight is 562 g/mol. The lowest BCUT2D eigenvalue weighted by Gasteiger charge is -2.21. The Balaban J connectivity index is 1.46. The first kappa shape index (κ1) is 30.0. The first-order valence-electron chi connectivity index (χ1n) is 13.9. The second kappa shape index (κ2) is 14.6. The molecule has 41 heavy (non-hydrogen) atoms. The van der Waals surface area contributed by atoms with Gasteiger partial charge in [-0.05, 0) is 84.8 Å². The number of aliphatic hydroxyl groups is 1. The van der Waals surface area contributed by atoms with Crippen LogP contribution in [-0.2, 0) is 34.0 Å². The molecule has 1 unspecified atom stereocenters. The van der Waals surface area contributed by atoms with Crippen LogP contribution >= 0.6 is 0 Å². The normalized spacial score (nSPS) is 11.9. The number of nitrogens with zero attached hydrogens (tertiary/aromatic N) is 3. The van der Waals surface area contributed by atoms with Crippen molar-refractivity contribution in [1.82, 2.24) is 15.0 Å². The fourth-order valence-electron chi connectivity index (χ4n) is 4.99. The first-order chi connectivity index (χ1) is 20.0. The summed E-state index contributed by atoms with van der Waals surface area (Å²) in [5.74, 6) is 0.870. The Morgan fingerprint density at radius 1 is 0.976 bits per heavy atom. The molecule has 4 aromatic rings. The van der Waals surface area contributed by atoms with Crippen molar-refractivity contribution < 1.29 is 28.8 Å². The maximum atomic E-state index is 12.6. The van der Waals surface area contributed by atoms with Crippen LogP contribution in [0.4, 0.5) is 0 Å². The fraction of sp³-hybridized carbons (Fsp3) is 0.406. The Kier molecular flexibility index (Phi) is 10.7. The highest BCUT2D eigenvalue weighted by atomic mass is 16.5. The third kappa shape index (κ3) is 7.62. The molecule has 0 saturated heterocycles. The van der Waals surface area contributed by atoms with Gasteiger partial charge in [0.2, 0.25) is 0 Å². The smallest absolute Gasteiger partial charge is 0.306 e. The number of fused-ring (bicyclic) bond motifs is 1. The number of aromatic nitrogens is 3. The van der Waals surface area contributed by atoms with E-state index in [4.69, 9.17) is 18.9 Å². The second-order valence-electron chi connectivity index (χ2n) is 9.90. The Morgan fingerprint density at radius 3 is 2.46 bits per heavy atom. The van der Waals surface area contributed by atoms with Crippen molar-refractivity contribution in [3.05, 3.63) is 82.4 Å². The van der Waals surface area contributed by atoms with Crippen LogP contribution in [0.15, 0.2) is 54.6 Å². The van der Waals surface area contributed by atoms with Crippen molar-refractivity contribution >= 4 is 17.0 Å². The third-order valence-electron chi connectivity index (χ3n) is 7.18. The van der Waals surface area contributed by atoms with Crippen LogP contribution in [-0.4, -0.2) is 53.5 Å². The monoisotopic (exact) mass is 561 g/mol. The minimum atomic E-state index is -0.299. The van der Waals surface area contributed by atoms with Gasteiger partial charge in [0.25, 0.3) is 0 Å². The number of rotatable bonds is 15. The minimum absolute atomic E-state index is 0.130. The molecule has 9 heteroatoms. The van der Waals surface area contributed by atoms with E-state index in [1.54, 1.807) is 27.2 Å². The predicted octanol–water partition coefficient (Wildman–Crippen LogP) is 5.33. The molecular formula is C32H39N3O6. The van der Waals surface area contributed by atoms with E-state index in [2.05, 4.69) is 10.3 Å². The topological polar surface area (TPSA) is 105 Å². The third-order valence-corrected chi connectivity index (χ3v) is 7.18. The molecule has 0 spiro atoms. The molecule has 3 aromatic carbocycles. The second-order valence-corrected chi connectivity index (χ2v) is 9.90. The molecule has 1 heterocycles. The van der Waals surface area contributed by atoms with E-state index in [9.17, 15) is 9.90 Å². The van der Waals surface area contributed by atoms with Gasteiger partial charge in [-0.3, -0.25) is 4.79 Å². The molecule has 4 rings (SSSR count). The summed E-state index contributed by atoms with van der Waals surface area (Å²) in [6.45, 7) is 5.94. The van der Waals surface area contributed by atoms with Crippen LogP contribution in [0.25, 0.3) is 11.0 Å². The summed E-state index contributed by atoms with van der Waals surface area (Å²) in [7, 11) is 3.24. The summed E-state index contributed by atoms with van der Waals surface area (Å²) < 4.78 is 23.7. The van der Waals surface area contributed by atoms with Gasteiger partial charge < -0.3 is 24.1 Å². The number of aliphatic hydroxyl groups excluding tert-OH is 1. The highest BCUT2D eigenvalue weighted by Crippen LogP contribution is 2.36. The van der Waals surface area contributed by atoms with E-state index < -0.39 is 0 Å². The van der Waals surface area contributed by atoms with Crippen molar-refractivity contribution in [3.63, 3.8) is 0 Å². The molecule has 0 bridgehead atoms. The predicted molar refractivity (Wildman–Crippen MR) is 156 cm³/mol. The average Bonchev–Trinajstić information content (AvgIpc) is 3.42. The van der Waals surface area contributed by atoms with E-state index in [1.807, 2.05) is 60.1 Å². The summed E-state index contributed by atoms with van der Waals surface area (Å²) in [5, 5.41) is 18.7. The molecule has 0 aliphatic carbocycles. The van der Waals surface area contributed by atoms with E-state index in [1.165, 1.54) is 0 Å². The number of unbranched alkanes of at least 4 members (excludes halogenated alkanes) is 1. The van der Waals surface area contributed by atoms with E-state index in [-0.39, 0.29) is 24.9 Å².